The maximum atomic E-state index is 6.02. The van der Waals surface area contributed by atoms with Crippen molar-refractivity contribution in [3.05, 3.63) is 23.8 Å². The number of benzene rings is 1. The minimum atomic E-state index is 0.132. The summed E-state index contributed by atoms with van der Waals surface area (Å²) < 4.78 is 16.8. The third-order valence-electron chi connectivity index (χ3n) is 3.31. The third kappa shape index (κ3) is 4.11. The molecular weight excluding hydrogens is 242 g/mol. The minimum absolute atomic E-state index is 0.132. The van der Waals surface area contributed by atoms with Gasteiger partial charge in [0, 0.05) is 6.61 Å². The van der Waals surface area contributed by atoms with Crippen LogP contribution in [0.2, 0.25) is 0 Å². The standard InChI is InChI=1S/C15H23NO3/c1-17-14-7-6-12(4-2-8-16)10-15(14)19-13-5-3-9-18-11-13/h6-7,10,13H,2-5,8-9,11,16H2,1H3. The molecule has 1 aliphatic heterocycles. The van der Waals surface area contributed by atoms with Crippen molar-refractivity contribution in [1.29, 1.82) is 0 Å². The molecule has 1 unspecified atom stereocenters. The molecule has 1 heterocycles. The Bertz CT molecular complexity index is 389. The van der Waals surface area contributed by atoms with Crippen LogP contribution >= 0.6 is 0 Å². The molecule has 4 nitrogen and oxygen atoms in total. The first-order valence-electron chi connectivity index (χ1n) is 6.95. The third-order valence-corrected chi connectivity index (χ3v) is 3.31. The largest absolute Gasteiger partial charge is 0.493 e. The normalized spacial score (nSPS) is 19.2. The van der Waals surface area contributed by atoms with Gasteiger partial charge in [0.1, 0.15) is 6.10 Å². The van der Waals surface area contributed by atoms with Gasteiger partial charge in [-0.1, -0.05) is 6.07 Å². The fourth-order valence-electron chi connectivity index (χ4n) is 2.26. The number of hydrogen-bond donors (Lipinski definition) is 1. The number of nitrogens with two attached hydrogens (primary N) is 1. The van der Waals surface area contributed by atoms with Crippen LogP contribution in [0.25, 0.3) is 0 Å². The van der Waals surface area contributed by atoms with Gasteiger partial charge in [0.05, 0.1) is 13.7 Å². The van der Waals surface area contributed by atoms with Gasteiger partial charge in [-0.05, 0) is 49.9 Å². The lowest BCUT2D eigenvalue weighted by Gasteiger charge is -2.24. The van der Waals surface area contributed by atoms with E-state index in [1.165, 1.54) is 5.56 Å². The van der Waals surface area contributed by atoms with Crippen LogP contribution < -0.4 is 15.2 Å². The monoisotopic (exact) mass is 265 g/mol. The number of aryl methyl sites for hydroxylation is 1. The lowest BCUT2D eigenvalue weighted by atomic mass is 10.1. The van der Waals surface area contributed by atoms with Gasteiger partial charge in [0.15, 0.2) is 11.5 Å². The Labute approximate surface area is 114 Å². The molecule has 2 N–H and O–H groups in total. The van der Waals surface area contributed by atoms with E-state index in [9.17, 15) is 0 Å². The molecule has 2 rings (SSSR count). The second kappa shape index (κ2) is 7.36. The molecule has 0 spiro atoms. The van der Waals surface area contributed by atoms with Crippen molar-refractivity contribution in [3.63, 3.8) is 0 Å². The summed E-state index contributed by atoms with van der Waals surface area (Å²) in [5.41, 5.74) is 6.78. The average Bonchev–Trinajstić information content (AvgIpc) is 2.46. The maximum Gasteiger partial charge on any atom is 0.161 e. The van der Waals surface area contributed by atoms with Crippen molar-refractivity contribution in [3.8, 4) is 11.5 Å². The summed E-state index contributed by atoms with van der Waals surface area (Å²) in [7, 11) is 1.67. The smallest absolute Gasteiger partial charge is 0.161 e. The van der Waals surface area contributed by atoms with Gasteiger partial charge < -0.3 is 19.9 Å². The predicted octanol–water partition coefficient (Wildman–Crippen LogP) is 2.14. The summed E-state index contributed by atoms with van der Waals surface area (Å²) in [6.07, 6.45) is 4.18. The summed E-state index contributed by atoms with van der Waals surface area (Å²) in [4.78, 5) is 0. The van der Waals surface area contributed by atoms with Crippen molar-refractivity contribution in [2.75, 3.05) is 26.9 Å². The first-order valence-corrected chi connectivity index (χ1v) is 6.95. The second-order valence-corrected chi connectivity index (χ2v) is 4.83. The van der Waals surface area contributed by atoms with Gasteiger partial charge >= 0.3 is 0 Å². The molecule has 0 aliphatic carbocycles. The summed E-state index contributed by atoms with van der Waals surface area (Å²) in [5.74, 6) is 1.59. The first kappa shape index (κ1) is 14.2. The molecular formula is C15H23NO3. The highest BCUT2D eigenvalue weighted by atomic mass is 16.5. The van der Waals surface area contributed by atoms with Crippen molar-refractivity contribution in [2.24, 2.45) is 5.73 Å². The molecule has 1 aromatic rings. The molecule has 1 aliphatic rings. The summed E-state index contributed by atoms with van der Waals surface area (Å²) in [5, 5.41) is 0. The van der Waals surface area contributed by atoms with Crippen molar-refractivity contribution in [2.45, 2.75) is 31.8 Å². The topological polar surface area (TPSA) is 53.7 Å². The Balaban J connectivity index is 2.06. The van der Waals surface area contributed by atoms with Crippen LogP contribution in [0.3, 0.4) is 0 Å². The molecule has 1 saturated heterocycles. The molecule has 0 bridgehead atoms. The average molecular weight is 265 g/mol. The molecule has 1 aromatic carbocycles. The van der Waals surface area contributed by atoms with E-state index >= 15 is 0 Å². The molecule has 1 atom stereocenters. The Morgan fingerprint density at radius 3 is 2.95 bits per heavy atom. The van der Waals surface area contributed by atoms with E-state index in [-0.39, 0.29) is 6.10 Å². The second-order valence-electron chi connectivity index (χ2n) is 4.83. The van der Waals surface area contributed by atoms with Crippen LogP contribution in [0.5, 0.6) is 11.5 Å². The molecule has 1 fully saturated rings. The van der Waals surface area contributed by atoms with Crippen LogP contribution in [-0.4, -0.2) is 33.0 Å². The lowest BCUT2D eigenvalue weighted by Crippen LogP contribution is -2.28. The Hall–Kier alpha value is -1.26. The molecule has 4 heteroatoms. The Morgan fingerprint density at radius 1 is 1.37 bits per heavy atom. The molecule has 0 amide bonds. The van der Waals surface area contributed by atoms with Gasteiger partial charge in [-0.3, -0.25) is 0 Å². The predicted molar refractivity (Wildman–Crippen MR) is 74.8 cm³/mol. The van der Waals surface area contributed by atoms with Gasteiger partial charge in [0.25, 0.3) is 0 Å². The Morgan fingerprint density at radius 2 is 2.26 bits per heavy atom. The number of ether oxygens (including phenoxy) is 3. The SMILES string of the molecule is COc1ccc(CCCN)cc1OC1CCCOC1. The highest BCUT2D eigenvalue weighted by Crippen LogP contribution is 2.30. The number of rotatable bonds is 6. The van der Waals surface area contributed by atoms with Crippen LogP contribution in [-0.2, 0) is 11.2 Å². The van der Waals surface area contributed by atoms with Crippen LogP contribution in [0, 0.1) is 0 Å². The van der Waals surface area contributed by atoms with Gasteiger partial charge in [0.2, 0.25) is 0 Å². The van der Waals surface area contributed by atoms with Gasteiger partial charge in [-0.2, -0.15) is 0 Å². The fraction of sp³-hybridized carbons (Fsp3) is 0.600. The number of hydrogen-bond acceptors (Lipinski definition) is 4. The van der Waals surface area contributed by atoms with E-state index < -0.39 is 0 Å². The summed E-state index contributed by atoms with van der Waals surface area (Å²) in [6.45, 7) is 2.21. The van der Waals surface area contributed by atoms with Crippen LogP contribution in [0.4, 0.5) is 0 Å². The molecule has 19 heavy (non-hydrogen) atoms. The first-order chi connectivity index (χ1) is 9.33. The van der Waals surface area contributed by atoms with Crippen molar-refractivity contribution in [1.82, 2.24) is 0 Å². The van der Waals surface area contributed by atoms with Crippen LogP contribution in [0.15, 0.2) is 18.2 Å². The fourth-order valence-corrected chi connectivity index (χ4v) is 2.26. The zero-order valence-electron chi connectivity index (χ0n) is 11.6. The highest BCUT2D eigenvalue weighted by Gasteiger charge is 2.17. The molecule has 0 aromatic heterocycles. The van der Waals surface area contributed by atoms with Gasteiger partial charge in [-0.15, -0.1) is 0 Å². The maximum absolute atomic E-state index is 6.02. The van der Waals surface area contributed by atoms with E-state index in [0.717, 1.165) is 43.8 Å². The van der Waals surface area contributed by atoms with Gasteiger partial charge in [-0.25, -0.2) is 0 Å². The van der Waals surface area contributed by atoms with E-state index in [1.807, 2.05) is 6.07 Å². The zero-order valence-corrected chi connectivity index (χ0v) is 11.6. The van der Waals surface area contributed by atoms with Crippen molar-refractivity contribution < 1.29 is 14.2 Å². The summed E-state index contributed by atoms with van der Waals surface area (Å²) >= 11 is 0. The molecule has 0 radical (unpaired) electrons. The molecule has 106 valence electrons. The summed E-state index contributed by atoms with van der Waals surface area (Å²) in [6, 6.07) is 6.09. The zero-order chi connectivity index (χ0) is 13.5. The van der Waals surface area contributed by atoms with E-state index in [2.05, 4.69) is 12.1 Å². The van der Waals surface area contributed by atoms with E-state index in [0.29, 0.717) is 13.2 Å². The van der Waals surface area contributed by atoms with E-state index in [1.54, 1.807) is 7.11 Å². The Kier molecular flexibility index (Phi) is 5.48. The quantitative estimate of drug-likeness (QED) is 0.856. The molecule has 0 saturated carbocycles. The van der Waals surface area contributed by atoms with Crippen LogP contribution in [0.1, 0.15) is 24.8 Å². The van der Waals surface area contributed by atoms with E-state index in [4.69, 9.17) is 19.9 Å². The van der Waals surface area contributed by atoms with Crippen molar-refractivity contribution >= 4 is 0 Å². The lowest BCUT2D eigenvalue weighted by molar-refractivity contribution is 0.00641. The number of methoxy groups -OCH3 is 1. The minimum Gasteiger partial charge on any atom is -0.493 e. The highest BCUT2D eigenvalue weighted by molar-refractivity contribution is 5.43.